The summed E-state index contributed by atoms with van der Waals surface area (Å²) in [5.41, 5.74) is 0. The van der Waals surface area contributed by atoms with Crippen molar-refractivity contribution >= 4 is 5.97 Å². The molecule has 4 heteroatoms. The molecule has 1 aliphatic rings. The van der Waals surface area contributed by atoms with Gasteiger partial charge in [-0.15, -0.1) is 0 Å². The van der Waals surface area contributed by atoms with E-state index >= 15 is 0 Å². The Morgan fingerprint density at radius 2 is 2.12 bits per heavy atom. The molecule has 0 bridgehead atoms. The monoisotopic (exact) mass is 230 g/mol. The average Bonchev–Trinajstić information content (AvgIpc) is 2.58. The third-order valence-corrected chi connectivity index (χ3v) is 3.15. The molecule has 1 rings (SSSR count). The first-order valence-electron chi connectivity index (χ1n) is 6.01. The average molecular weight is 230 g/mol. The first-order valence-corrected chi connectivity index (χ1v) is 6.01. The molecule has 0 spiro atoms. The van der Waals surface area contributed by atoms with Crippen LogP contribution in [0.3, 0.4) is 0 Å². The van der Waals surface area contributed by atoms with E-state index in [4.69, 9.17) is 9.84 Å². The molecule has 16 heavy (non-hydrogen) atoms. The number of ether oxygens (including phenoxy) is 1. The Balaban J connectivity index is 2.39. The van der Waals surface area contributed by atoms with E-state index in [0.29, 0.717) is 12.3 Å². The van der Waals surface area contributed by atoms with Gasteiger partial charge in [0.1, 0.15) is 0 Å². The lowest BCUT2D eigenvalue weighted by atomic mass is 9.87. The van der Waals surface area contributed by atoms with Gasteiger partial charge in [0.05, 0.1) is 25.2 Å². The maximum Gasteiger partial charge on any atom is 0.312 e. The van der Waals surface area contributed by atoms with Gasteiger partial charge < -0.3 is 14.9 Å². The van der Waals surface area contributed by atoms with Crippen LogP contribution in [0.15, 0.2) is 0 Å². The minimum Gasteiger partial charge on any atom is -0.465 e. The lowest BCUT2D eigenvalue weighted by Crippen LogP contribution is -2.31. The topological polar surface area (TPSA) is 66.8 Å². The Bertz CT molecular complexity index is 227. The van der Waals surface area contributed by atoms with Gasteiger partial charge in [-0.05, 0) is 12.3 Å². The summed E-state index contributed by atoms with van der Waals surface area (Å²) in [4.78, 5) is 11.4. The second kappa shape index (κ2) is 6.21. The highest BCUT2D eigenvalue weighted by Crippen LogP contribution is 2.27. The van der Waals surface area contributed by atoms with E-state index in [2.05, 4.69) is 13.8 Å². The molecule has 0 saturated carbocycles. The molecule has 0 aliphatic carbocycles. The minimum atomic E-state index is -0.675. The zero-order valence-electron chi connectivity index (χ0n) is 10.1. The van der Waals surface area contributed by atoms with Gasteiger partial charge in [-0.2, -0.15) is 0 Å². The van der Waals surface area contributed by atoms with Crippen molar-refractivity contribution in [3.05, 3.63) is 0 Å². The van der Waals surface area contributed by atoms with Gasteiger partial charge >= 0.3 is 5.97 Å². The van der Waals surface area contributed by atoms with Crippen LogP contribution in [0.1, 0.15) is 33.1 Å². The fraction of sp³-hybridized carbons (Fsp3) is 0.917. The molecule has 0 aromatic carbocycles. The fourth-order valence-electron chi connectivity index (χ4n) is 2.13. The van der Waals surface area contributed by atoms with E-state index in [0.717, 1.165) is 12.8 Å². The molecule has 1 aliphatic heterocycles. The Morgan fingerprint density at radius 1 is 1.44 bits per heavy atom. The molecule has 4 nitrogen and oxygen atoms in total. The zero-order chi connectivity index (χ0) is 12.1. The number of aliphatic hydroxyl groups excluding tert-OH is 2. The summed E-state index contributed by atoms with van der Waals surface area (Å²) in [5, 5.41) is 19.0. The molecule has 2 N–H and O–H groups in total. The predicted molar refractivity (Wildman–Crippen MR) is 59.7 cm³/mol. The molecule has 1 fully saturated rings. The smallest absolute Gasteiger partial charge is 0.312 e. The van der Waals surface area contributed by atoms with E-state index in [1.807, 2.05) is 0 Å². The van der Waals surface area contributed by atoms with Crippen LogP contribution in [-0.4, -0.2) is 35.5 Å². The van der Waals surface area contributed by atoms with Gasteiger partial charge in [0.15, 0.2) is 0 Å². The van der Waals surface area contributed by atoms with Crippen molar-refractivity contribution in [3.8, 4) is 0 Å². The van der Waals surface area contributed by atoms with Crippen LogP contribution in [0.5, 0.6) is 0 Å². The van der Waals surface area contributed by atoms with Crippen molar-refractivity contribution in [2.45, 2.75) is 39.2 Å². The molecule has 1 saturated heterocycles. The Morgan fingerprint density at radius 3 is 2.69 bits per heavy atom. The lowest BCUT2D eigenvalue weighted by molar-refractivity contribution is -0.144. The number of hydrogen-bond acceptors (Lipinski definition) is 4. The summed E-state index contributed by atoms with van der Waals surface area (Å²) >= 11 is 0. The highest BCUT2D eigenvalue weighted by molar-refractivity contribution is 5.75. The van der Waals surface area contributed by atoms with Crippen molar-refractivity contribution in [1.82, 2.24) is 0 Å². The van der Waals surface area contributed by atoms with Gasteiger partial charge in [-0.1, -0.05) is 26.7 Å². The molecule has 0 radical (unpaired) electrons. The molecular weight excluding hydrogens is 208 g/mol. The van der Waals surface area contributed by atoms with Gasteiger partial charge in [-0.3, -0.25) is 4.79 Å². The molecule has 0 aromatic rings. The van der Waals surface area contributed by atoms with E-state index in [-0.39, 0.29) is 25.1 Å². The highest BCUT2D eigenvalue weighted by atomic mass is 16.5. The van der Waals surface area contributed by atoms with Crippen LogP contribution in [0, 0.1) is 17.8 Å². The van der Waals surface area contributed by atoms with Crippen molar-refractivity contribution in [1.29, 1.82) is 0 Å². The second-order valence-electron chi connectivity index (χ2n) is 4.99. The minimum absolute atomic E-state index is 0.0996. The maximum atomic E-state index is 11.4. The van der Waals surface area contributed by atoms with Gasteiger partial charge in [0.2, 0.25) is 0 Å². The van der Waals surface area contributed by atoms with E-state index in [1.54, 1.807) is 0 Å². The van der Waals surface area contributed by atoms with Gasteiger partial charge in [-0.25, -0.2) is 0 Å². The Labute approximate surface area is 96.6 Å². The molecule has 1 heterocycles. The number of aliphatic hydroxyl groups is 2. The number of carbonyl (C=O) groups excluding carboxylic acids is 1. The van der Waals surface area contributed by atoms with Crippen LogP contribution >= 0.6 is 0 Å². The van der Waals surface area contributed by atoms with E-state index in [1.165, 1.54) is 0 Å². The fourth-order valence-corrected chi connectivity index (χ4v) is 2.13. The van der Waals surface area contributed by atoms with Crippen molar-refractivity contribution in [3.63, 3.8) is 0 Å². The number of cyclic esters (lactones) is 1. The number of carbonyl (C=O) groups is 1. The summed E-state index contributed by atoms with van der Waals surface area (Å²) in [5.74, 6) is -0.522. The number of hydrogen-bond donors (Lipinski definition) is 2. The summed E-state index contributed by atoms with van der Waals surface area (Å²) in [6.07, 6.45) is 1.88. The quantitative estimate of drug-likeness (QED) is 0.667. The van der Waals surface area contributed by atoms with Crippen LogP contribution in [0.2, 0.25) is 0 Å². The number of esters is 1. The maximum absolute atomic E-state index is 11.4. The Hall–Kier alpha value is -0.610. The third-order valence-electron chi connectivity index (χ3n) is 3.15. The third kappa shape index (κ3) is 3.46. The highest BCUT2D eigenvalue weighted by Gasteiger charge is 2.41. The Kier molecular flexibility index (Phi) is 5.22. The second-order valence-corrected chi connectivity index (χ2v) is 4.99. The van der Waals surface area contributed by atoms with E-state index in [9.17, 15) is 9.90 Å². The molecule has 3 atom stereocenters. The van der Waals surface area contributed by atoms with Crippen molar-refractivity contribution in [2.24, 2.45) is 17.8 Å². The van der Waals surface area contributed by atoms with Crippen LogP contribution < -0.4 is 0 Å². The first-order chi connectivity index (χ1) is 7.56. The lowest BCUT2D eigenvalue weighted by Gasteiger charge is -2.19. The summed E-state index contributed by atoms with van der Waals surface area (Å²) in [7, 11) is 0. The standard InChI is InChI=1S/C12H22O4/c1-8(2)4-3-5-10(14)11-9(6-13)7-16-12(11)15/h8-11,13-14H,3-7H2,1-2H3/t9-,10+,11-/m1/s1. The largest absolute Gasteiger partial charge is 0.465 e. The van der Waals surface area contributed by atoms with Crippen molar-refractivity contribution < 1.29 is 19.7 Å². The molecular formula is C12H22O4. The predicted octanol–water partition coefficient (Wildman–Crippen LogP) is 0.955. The molecule has 0 aromatic heterocycles. The van der Waals surface area contributed by atoms with Crippen LogP contribution in [-0.2, 0) is 9.53 Å². The molecule has 0 amide bonds. The summed E-state index contributed by atoms with van der Waals surface area (Å²) in [6, 6.07) is 0. The zero-order valence-corrected chi connectivity index (χ0v) is 10.1. The van der Waals surface area contributed by atoms with Crippen molar-refractivity contribution in [2.75, 3.05) is 13.2 Å². The normalized spacial score (nSPS) is 27.2. The summed E-state index contributed by atoms with van der Waals surface area (Å²) in [6.45, 7) is 4.40. The first kappa shape index (κ1) is 13.5. The molecule has 0 unspecified atom stereocenters. The van der Waals surface area contributed by atoms with Gasteiger partial charge in [0.25, 0.3) is 0 Å². The summed E-state index contributed by atoms with van der Waals surface area (Å²) < 4.78 is 4.86. The van der Waals surface area contributed by atoms with E-state index < -0.39 is 12.0 Å². The SMILES string of the molecule is CC(C)CCC[C@H](O)[C@@H]1C(=O)OC[C@H]1CO. The van der Waals surface area contributed by atoms with Crippen LogP contribution in [0.25, 0.3) is 0 Å². The molecule has 94 valence electrons. The number of rotatable bonds is 6. The van der Waals surface area contributed by atoms with Crippen LogP contribution in [0.4, 0.5) is 0 Å². The van der Waals surface area contributed by atoms with Gasteiger partial charge in [0, 0.05) is 5.92 Å².